The van der Waals surface area contributed by atoms with E-state index in [2.05, 4.69) is 9.97 Å². The Labute approximate surface area is 125 Å². The molecule has 0 radical (unpaired) electrons. The molecule has 1 heterocycles. The van der Waals surface area contributed by atoms with Crippen LogP contribution in [0.2, 0.25) is 5.15 Å². The average molecular weight is 310 g/mol. The van der Waals surface area contributed by atoms with E-state index in [0.717, 1.165) is 18.4 Å². The number of halogens is 1. The first-order valence-corrected chi connectivity index (χ1v) is 7.23. The molecule has 0 bridgehead atoms. The highest BCUT2D eigenvalue weighted by molar-refractivity contribution is 7.99. The lowest BCUT2D eigenvalue weighted by atomic mass is 10.2. The maximum absolute atomic E-state index is 11.0. The number of hydrogen-bond donors (Lipinski definition) is 0. The molecule has 0 spiro atoms. The van der Waals surface area contributed by atoms with Gasteiger partial charge in [0.2, 0.25) is 0 Å². The van der Waals surface area contributed by atoms with Crippen LogP contribution in [0.1, 0.15) is 18.9 Å². The molecule has 2 aromatic rings. The van der Waals surface area contributed by atoms with Gasteiger partial charge >= 0.3 is 0 Å². The number of nitrogens with zero attached hydrogens (tertiary/aromatic N) is 3. The second-order valence-electron chi connectivity index (χ2n) is 4.03. The third-order valence-electron chi connectivity index (χ3n) is 2.62. The number of rotatable bonds is 5. The Hall–Kier alpha value is -1.66. The summed E-state index contributed by atoms with van der Waals surface area (Å²) in [6.07, 6.45) is 3.01. The van der Waals surface area contributed by atoms with E-state index < -0.39 is 4.92 Å². The molecule has 5 nitrogen and oxygen atoms in total. The fourth-order valence-electron chi connectivity index (χ4n) is 1.72. The van der Waals surface area contributed by atoms with Gasteiger partial charge in [-0.2, -0.15) is 0 Å². The quantitative estimate of drug-likeness (QED) is 0.471. The van der Waals surface area contributed by atoms with Crippen molar-refractivity contribution in [2.75, 3.05) is 0 Å². The zero-order chi connectivity index (χ0) is 14.5. The SMILES string of the molecule is CCCc1c(Cl)ncnc1Sc1ccccc1[N+](=O)[O-]. The van der Waals surface area contributed by atoms with E-state index in [0.29, 0.717) is 15.1 Å². The molecule has 0 aliphatic heterocycles. The van der Waals surface area contributed by atoms with E-state index in [4.69, 9.17) is 11.6 Å². The predicted molar refractivity (Wildman–Crippen MR) is 78.3 cm³/mol. The zero-order valence-corrected chi connectivity index (χ0v) is 12.3. The van der Waals surface area contributed by atoms with Crippen LogP contribution in [0.25, 0.3) is 0 Å². The smallest absolute Gasteiger partial charge is 0.258 e. The van der Waals surface area contributed by atoms with Gasteiger partial charge in [0.05, 0.1) is 9.82 Å². The normalized spacial score (nSPS) is 10.5. The highest BCUT2D eigenvalue weighted by Crippen LogP contribution is 2.36. The highest BCUT2D eigenvalue weighted by Gasteiger charge is 2.17. The number of nitro benzene ring substituents is 1. The number of hydrogen-bond acceptors (Lipinski definition) is 5. The molecule has 0 aliphatic carbocycles. The third kappa shape index (κ3) is 3.26. The van der Waals surface area contributed by atoms with Crippen molar-refractivity contribution in [3.63, 3.8) is 0 Å². The Kier molecular flexibility index (Phi) is 4.92. The number of nitro groups is 1. The third-order valence-corrected chi connectivity index (χ3v) is 4.06. The summed E-state index contributed by atoms with van der Waals surface area (Å²) in [7, 11) is 0. The van der Waals surface area contributed by atoms with Gasteiger partial charge in [-0.25, -0.2) is 9.97 Å². The number of aromatic nitrogens is 2. The average Bonchev–Trinajstić information content (AvgIpc) is 2.43. The molecule has 0 saturated heterocycles. The summed E-state index contributed by atoms with van der Waals surface area (Å²) in [4.78, 5) is 19.3. The Morgan fingerprint density at radius 3 is 2.80 bits per heavy atom. The van der Waals surface area contributed by atoms with Crippen molar-refractivity contribution in [3.8, 4) is 0 Å². The molecular weight excluding hydrogens is 298 g/mol. The molecule has 20 heavy (non-hydrogen) atoms. The van der Waals surface area contributed by atoms with Crippen molar-refractivity contribution < 1.29 is 4.92 Å². The van der Waals surface area contributed by atoms with Crippen LogP contribution in [-0.4, -0.2) is 14.9 Å². The molecule has 1 aromatic carbocycles. The fraction of sp³-hybridized carbons (Fsp3) is 0.231. The molecule has 0 saturated carbocycles. The first-order chi connectivity index (χ1) is 9.63. The van der Waals surface area contributed by atoms with Crippen LogP contribution in [0.3, 0.4) is 0 Å². The van der Waals surface area contributed by atoms with Gasteiger partial charge in [-0.3, -0.25) is 10.1 Å². The van der Waals surface area contributed by atoms with Crippen molar-refractivity contribution in [1.29, 1.82) is 0 Å². The van der Waals surface area contributed by atoms with Crippen molar-refractivity contribution in [1.82, 2.24) is 9.97 Å². The minimum Gasteiger partial charge on any atom is -0.258 e. The van der Waals surface area contributed by atoms with Crippen LogP contribution in [0.4, 0.5) is 5.69 Å². The summed E-state index contributed by atoms with van der Waals surface area (Å²) in [6.45, 7) is 2.03. The Morgan fingerprint density at radius 2 is 2.10 bits per heavy atom. The lowest BCUT2D eigenvalue weighted by molar-refractivity contribution is -0.387. The Balaban J connectivity index is 2.40. The summed E-state index contributed by atoms with van der Waals surface area (Å²) >= 11 is 7.32. The van der Waals surface area contributed by atoms with Crippen molar-refractivity contribution >= 4 is 29.1 Å². The van der Waals surface area contributed by atoms with Crippen molar-refractivity contribution in [2.24, 2.45) is 0 Å². The van der Waals surface area contributed by atoms with Gasteiger partial charge in [0.15, 0.2) is 0 Å². The first kappa shape index (κ1) is 14.7. The van der Waals surface area contributed by atoms with E-state index in [1.54, 1.807) is 18.2 Å². The number of para-hydroxylation sites is 1. The molecular formula is C13H12ClN3O2S. The van der Waals surface area contributed by atoms with Gasteiger partial charge in [0.1, 0.15) is 16.5 Å². The molecule has 0 aliphatic rings. The van der Waals surface area contributed by atoms with Gasteiger partial charge < -0.3 is 0 Å². The topological polar surface area (TPSA) is 68.9 Å². The molecule has 0 amide bonds. The zero-order valence-electron chi connectivity index (χ0n) is 10.7. The lowest BCUT2D eigenvalue weighted by Gasteiger charge is -2.08. The van der Waals surface area contributed by atoms with E-state index >= 15 is 0 Å². The van der Waals surface area contributed by atoms with Gasteiger partial charge in [-0.1, -0.05) is 48.8 Å². The molecule has 0 atom stereocenters. The van der Waals surface area contributed by atoms with Crippen LogP contribution < -0.4 is 0 Å². The van der Waals surface area contributed by atoms with Crippen LogP contribution in [-0.2, 0) is 6.42 Å². The van der Waals surface area contributed by atoms with Crippen LogP contribution in [0, 0.1) is 10.1 Å². The molecule has 104 valence electrons. The fourth-order valence-corrected chi connectivity index (χ4v) is 3.03. The largest absolute Gasteiger partial charge is 0.283 e. The van der Waals surface area contributed by atoms with Crippen LogP contribution >= 0.6 is 23.4 Å². The summed E-state index contributed by atoms with van der Waals surface area (Å²) in [5.74, 6) is 0. The van der Waals surface area contributed by atoms with Gasteiger partial charge in [-0.15, -0.1) is 0 Å². The van der Waals surface area contributed by atoms with Crippen molar-refractivity contribution in [3.05, 3.63) is 51.4 Å². The lowest BCUT2D eigenvalue weighted by Crippen LogP contribution is -1.96. The van der Waals surface area contributed by atoms with E-state index in [1.807, 2.05) is 6.92 Å². The standard InChI is InChI=1S/C13H12ClN3O2S/c1-2-5-9-12(14)15-8-16-13(9)20-11-7-4-3-6-10(11)17(18)19/h3-4,6-8H,2,5H2,1H3. The second kappa shape index (κ2) is 6.67. The van der Waals surface area contributed by atoms with Crippen molar-refractivity contribution in [2.45, 2.75) is 29.7 Å². The molecule has 0 N–H and O–H groups in total. The number of benzene rings is 1. The van der Waals surface area contributed by atoms with Crippen LogP contribution in [0.15, 0.2) is 40.5 Å². The van der Waals surface area contributed by atoms with Gasteiger partial charge in [-0.05, 0) is 12.5 Å². The molecule has 2 rings (SSSR count). The molecule has 0 unspecified atom stereocenters. The Morgan fingerprint density at radius 1 is 1.35 bits per heavy atom. The predicted octanol–water partition coefficient (Wildman–Crippen LogP) is 4.14. The van der Waals surface area contributed by atoms with E-state index in [1.165, 1.54) is 24.2 Å². The maximum atomic E-state index is 11.0. The summed E-state index contributed by atoms with van der Waals surface area (Å²) in [5.41, 5.74) is 0.898. The van der Waals surface area contributed by atoms with Gasteiger partial charge in [0.25, 0.3) is 5.69 Å². The van der Waals surface area contributed by atoms with Gasteiger partial charge in [0, 0.05) is 11.6 Å². The molecule has 1 aromatic heterocycles. The monoisotopic (exact) mass is 309 g/mol. The van der Waals surface area contributed by atoms with E-state index in [9.17, 15) is 10.1 Å². The minimum atomic E-state index is -0.398. The highest BCUT2D eigenvalue weighted by atomic mass is 35.5. The van der Waals surface area contributed by atoms with E-state index in [-0.39, 0.29) is 5.69 Å². The first-order valence-electron chi connectivity index (χ1n) is 6.04. The Bertz CT molecular complexity index is 637. The molecule has 7 heteroatoms. The summed E-state index contributed by atoms with van der Waals surface area (Å²) < 4.78 is 0. The minimum absolute atomic E-state index is 0.0645. The molecule has 0 fully saturated rings. The summed E-state index contributed by atoms with van der Waals surface area (Å²) in [5, 5.41) is 12.1. The second-order valence-corrected chi connectivity index (χ2v) is 5.41. The van der Waals surface area contributed by atoms with Crippen LogP contribution in [0.5, 0.6) is 0 Å². The maximum Gasteiger partial charge on any atom is 0.283 e. The summed E-state index contributed by atoms with van der Waals surface area (Å²) in [6, 6.07) is 6.58.